The molecule has 2 aromatic rings. The van der Waals surface area contributed by atoms with Gasteiger partial charge in [-0.05, 0) is 74.9 Å². The van der Waals surface area contributed by atoms with Gasteiger partial charge in [-0.3, -0.25) is 29.5 Å². The van der Waals surface area contributed by atoms with E-state index in [1.807, 2.05) is 52.0 Å². The summed E-state index contributed by atoms with van der Waals surface area (Å²) in [4.78, 5) is 41.3. The molecule has 2 amide bonds. The van der Waals surface area contributed by atoms with E-state index >= 15 is 0 Å². The minimum atomic E-state index is -0.420. The summed E-state index contributed by atoms with van der Waals surface area (Å²) in [5, 5.41) is 7.20. The molecule has 38 heavy (non-hydrogen) atoms. The Hall–Kier alpha value is -2.72. The van der Waals surface area contributed by atoms with E-state index in [1.165, 1.54) is 23.5 Å². The number of rotatable bonds is 6. The molecule has 2 aliphatic rings. The fourth-order valence-corrected chi connectivity index (χ4v) is 5.92. The number of thioether (sulfide) groups is 2. The van der Waals surface area contributed by atoms with Gasteiger partial charge < -0.3 is 10.6 Å². The highest BCUT2D eigenvalue weighted by Gasteiger charge is 2.46. The van der Waals surface area contributed by atoms with Gasteiger partial charge in [0.25, 0.3) is 0 Å². The summed E-state index contributed by atoms with van der Waals surface area (Å²) in [6.45, 7) is 16.2. The summed E-state index contributed by atoms with van der Waals surface area (Å²) >= 11 is 3.05. The van der Waals surface area contributed by atoms with Gasteiger partial charge >= 0.3 is 0 Å². The lowest BCUT2D eigenvalue weighted by molar-refractivity contribution is -0.122. The van der Waals surface area contributed by atoms with Crippen LogP contribution in [0.4, 0.5) is 0 Å². The van der Waals surface area contributed by atoms with Crippen molar-refractivity contribution in [2.45, 2.75) is 77.0 Å². The molecule has 0 aliphatic carbocycles. The van der Waals surface area contributed by atoms with Gasteiger partial charge in [0.1, 0.15) is 9.49 Å². The normalized spacial score (nSPS) is 26.8. The number of nitrogens with zero attached hydrogens (tertiary/aromatic N) is 4. The van der Waals surface area contributed by atoms with Crippen LogP contribution in [0.5, 0.6) is 0 Å². The number of hydrogen-bond donors (Lipinski definition) is 2. The van der Waals surface area contributed by atoms with E-state index in [-0.39, 0.29) is 35.7 Å². The quantitative estimate of drug-likeness (QED) is 0.484. The number of amides is 2. The van der Waals surface area contributed by atoms with Crippen LogP contribution in [0.2, 0.25) is 0 Å². The molecule has 4 rings (SSSR count). The summed E-state index contributed by atoms with van der Waals surface area (Å²) in [5.41, 5.74) is 2.19. The standard InChI is InChI=1S/2C14H19N3OS/c2*1-9(2)14(4)12(18)17-13(19-14)16-10(3)11-5-7-15-8-6-11/h2*5-10H,1-4H3,(H,16,17,18)/t2*10-,14+/m10/s1. The molecule has 10 heteroatoms. The van der Waals surface area contributed by atoms with E-state index in [9.17, 15) is 9.59 Å². The Balaban J connectivity index is 0.000000211. The average molecular weight is 555 g/mol. The fraction of sp³-hybridized carbons (Fsp3) is 0.500. The lowest BCUT2D eigenvalue weighted by atomic mass is 9.96. The fourth-order valence-electron chi connectivity index (χ4n) is 3.65. The SMILES string of the molecule is CC(C)[C@@]1(C)SC(=N[C@@H](C)c2ccncc2)NC1=O.CC(C)[C@]1(C)SC(=N[C@H](C)c2ccncc2)NC1=O. The monoisotopic (exact) mass is 554 g/mol. The average Bonchev–Trinajstić information content (AvgIpc) is 3.35. The van der Waals surface area contributed by atoms with Crippen molar-refractivity contribution < 1.29 is 9.59 Å². The number of nitrogens with one attached hydrogen (secondary N) is 2. The van der Waals surface area contributed by atoms with E-state index in [0.717, 1.165) is 11.1 Å². The van der Waals surface area contributed by atoms with Crippen LogP contribution in [0.3, 0.4) is 0 Å². The number of hydrogen-bond acceptors (Lipinski definition) is 8. The molecule has 2 saturated heterocycles. The molecule has 0 saturated carbocycles. The Morgan fingerprint density at radius 2 is 0.974 bits per heavy atom. The molecule has 4 heterocycles. The number of pyridine rings is 2. The van der Waals surface area contributed by atoms with Crippen molar-refractivity contribution >= 4 is 45.7 Å². The molecule has 8 nitrogen and oxygen atoms in total. The zero-order valence-corrected chi connectivity index (χ0v) is 25.0. The van der Waals surface area contributed by atoms with Gasteiger partial charge in [-0.15, -0.1) is 0 Å². The molecule has 0 unspecified atom stereocenters. The van der Waals surface area contributed by atoms with Crippen molar-refractivity contribution in [1.82, 2.24) is 20.6 Å². The van der Waals surface area contributed by atoms with Crippen LogP contribution in [-0.2, 0) is 9.59 Å². The first-order chi connectivity index (χ1) is 17.9. The molecule has 0 spiro atoms. The number of carbonyl (C=O) groups excluding carboxylic acids is 2. The van der Waals surface area contributed by atoms with Gasteiger partial charge in [0.15, 0.2) is 10.3 Å². The molecule has 0 aromatic carbocycles. The van der Waals surface area contributed by atoms with Crippen LogP contribution in [-0.4, -0.2) is 41.6 Å². The van der Waals surface area contributed by atoms with E-state index in [0.29, 0.717) is 10.3 Å². The van der Waals surface area contributed by atoms with Crippen LogP contribution in [0.15, 0.2) is 59.0 Å². The Morgan fingerprint density at radius 1 is 0.658 bits per heavy atom. The second kappa shape index (κ2) is 12.4. The van der Waals surface area contributed by atoms with Gasteiger partial charge in [-0.2, -0.15) is 0 Å². The van der Waals surface area contributed by atoms with Crippen LogP contribution in [0.1, 0.15) is 78.6 Å². The Labute approximate surface area is 234 Å². The molecule has 2 N–H and O–H groups in total. The first-order valence-corrected chi connectivity index (χ1v) is 14.5. The largest absolute Gasteiger partial charge is 0.304 e. The summed E-state index contributed by atoms with van der Waals surface area (Å²) in [6, 6.07) is 7.80. The zero-order chi connectivity index (χ0) is 28.1. The van der Waals surface area contributed by atoms with Crippen molar-refractivity contribution in [3.63, 3.8) is 0 Å². The van der Waals surface area contributed by atoms with E-state index in [4.69, 9.17) is 0 Å². The van der Waals surface area contributed by atoms with Gasteiger partial charge in [0.2, 0.25) is 11.8 Å². The third-order valence-corrected chi connectivity index (χ3v) is 10.1. The molecular formula is C28H38N6O2S2. The maximum atomic E-state index is 12.0. The number of amidine groups is 2. The molecule has 2 aromatic heterocycles. The van der Waals surface area contributed by atoms with Gasteiger partial charge in [0.05, 0.1) is 12.1 Å². The van der Waals surface area contributed by atoms with Gasteiger partial charge in [-0.25, -0.2) is 0 Å². The van der Waals surface area contributed by atoms with E-state index in [1.54, 1.807) is 24.8 Å². The first-order valence-electron chi connectivity index (χ1n) is 12.8. The van der Waals surface area contributed by atoms with Crippen LogP contribution >= 0.6 is 23.5 Å². The maximum absolute atomic E-state index is 12.0. The summed E-state index contributed by atoms with van der Waals surface area (Å²) < 4.78 is -0.840. The second-order valence-corrected chi connectivity index (χ2v) is 13.3. The number of carbonyl (C=O) groups is 2. The van der Waals surface area contributed by atoms with Crippen molar-refractivity contribution in [2.75, 3.05) is 0 Å². The van der Waals surface area contributed by atoms with Gasteiger partial charge in [0, 0.05) is 24.8 Å². The van der Waals surface area contributed by atoms with Crippen molar-refractivity contribution in [1.29, 1.82) is 0 Å². The highest BCUT2D eigenvalue weighted by atomic mass is 32.2. The predicted molar refractivity (Wildman–Crippen MR) is 158 cm³/mol. The highest BCUT2D eigenvalue weighted by molar-refractivity contribution is 8.16. The van der Waals surface area contributed by atoms with Crippen molar-refractivity contribution in [2.24, 2.45) is 21.8 Å². The smallest absolute Gasteiger partial charge is 0.242 e. The third kappa shape index (κ3) is 6.83. The Bertz CT molecular complexity index is 1090. The molecule has 2 fully saturated rings. The number of aliphatic imine (C=N–C) groups is 2. The van der Waals surface area contributed by atoms with E-state index < -0.39 is 9.49 Å². The lowest BCUT2D eigenvalue weighted by Crippen LogP contribution is -2.38. The van der Waals surface area contributed by atoms with Crippen molar-refractivity contribution in [3.05, 3.63) is 60.2 Å². The first kappa shape index (κ1) is 29.8. The second-order valence-electron chi connectivity index (χ2n) is 10.4. The van der Waals surface area contributed by atoms with Crippen LogP contribution in [0.25, 0.3) is 0 Å². The maximum Gasteiger partial charge on any atom is 0.242 e. The third-order valence-electron chi connectivity index (χ3n) is 7.16. The minimum Gasteiger partial charge on any atom is -0.304 e. The topological polar surface area (TPSA) is 109 Å². The highest BCUT2D eigenvalue weighted by Crippen LogP contribution is 2.39. The molecule has 4 atom stereocenters. The molecular weight excluding hydrogens is 516 g/mol. The Kier molecular flexibility index (Phi) is 9.75. The van der Waals surface area contributed by atoms with Crippen LogP contribution in [0, 0.1) is 11.8 Å². The summed E-state index contributed by atoms with van der Waals surface area (Å²) in [5.74, 6) is 0.629. The summed E-state index contributed by atoms with van der Waals surface area (Å²) in [6.07, 6.45) is 7.02. The molecule has 0 bridgehead atoms. The zero-order valence-electron chi connectivity index (χ0n) is 23.4. The lowest BCUT2D eigenvalue weighted by Gasteiger charge is -2.22. The molecule has 204 valence electrons. The summed E-state index contributed by atoms with van der Waals surface area (Å²) in [7, 11) is 0. The predicted octanol–water partition coefficient (Wildman–Crippen LogP) is 5.55. The van der Waals surface area contributed by atoms with Gasteiger partial charge in [-0.1, -0.05) is 51.2 Å². The minimum absolute atomic E-state index is 0.0142. The van der Waals surface area contributed by atoms with Crippen LogP contribution < -0.4 is 10.6 Å². The van der Waals surface area contributed by atoms with E-state index in [2.05, 4.69) is 58.3 Å². The van der Waals surface area contributed by atoms with Crippen molar-refractivity contribution in [3.8, 4) is 0 Å². The molecule has 0 radical (unpaired) electrons. The number of aromatic nitrogens is 2. The molecule has 2 aliphatic heterocycles. The Morgan fingerprint density at radius 3 is 1.24 bits per heavy atom.